The summed E-state index contributed by atoms with van der Waals surface area (Å²) in [6.07, 6.45) is -0.782. The van der Waals surface area contributed by atoms with E-state index in [4.69, 9.17) is 9.57 Å². The van der Waals surface area contributed by atoms with Crippen molar-refractivity contribution in [2.24, 2.45) is 0 Å². The molecule has 0 heterocycles. The molecule has 0 atom stereocenters. The first-order valence-corrected chi connectivity index (χ1v) is 8.17. The van der Waals surface area contributed by atoms with Gasteiger partial charge in [0.15, 0.2) is 0 Å². The van der Waals surface area contributed by atoms with Gasteiger partial charge in [-0.1, -0.05) is 60.7 Å². The molecule has 26 heavy (non-hydrogen) atoms. The van der Waals surface area contributed by atoms with Crippen molar-refractivity contribution < 1.29 is 24.3 Å². The van der Waals surface area contributed by atoms with Gasteiger partial charge in [0, 0.05) is 18.2 Å². The summed E-state index contributed by atoms with van der Waals surface area (Å²) < 4.78 is 5.27. The quantitative estimate of drug-likeness (QED) is 0.824. The van der Waals surface area contributed by atoms with Gasteiger partial charge in [-0.15, -0.1) is 0 Å². The lowest BCUT2D eigenvalue weighted by Gasteiger charge is -2.34. The molecule has 6 nitrogen and oxygen atoms in total. The molecule has 2 aromatic carbocycles. The van der Waals surface area contributed by atoms with Crippen molar-refractivity contribution in [1.82, 2.24) is 5.06 Å². The van der Waals surface area contributed by atoms with Crippen LogP contribution in [0.15, 0.2) is 60.7 Å². The maximum atomic E-state index is 12.4. The first kappa shape index (κ1) is 19.5. The van der Waals surface area contributed by atoms with Crippen LogP contribution >= 0.6 is 0 Å². The van der Waals surface area contributed by atoms with Crippen molar-refractivity contribution in [3.8, 4) is 0 Å². The zero-order valence-corrected chi connectivity index (χ0v) is 15.3. The van der Waals surface area contributed by atoms with Crippen LogP contribution < -0.4 is 0 Å². The third-order valence-corrected chi connectivity index (χ3v) is 3.59. The summed E-state index contributed by atoms with van der Waals surface area (Å²) in [5.41, 5.74) is -1.86. The van der Waals surface area contributed by atoms with E-state index in [0.29, 0.717) is 11.1 Å². The van der Waals surface area contributed by atoms with Gasteiger partial charge in [-0.2, -0.15) is 5.06 Å². The molecule has 0 saturated carbocycles. The van der Waals surface area contributed by atoms with Crippen molar-refractivity contribution in [1.29, 1.82) is 0 Å². The molecule has 138 valence electrons. The summed E-state index contributed by atoms with van der Waals surface area (Å²) in [7, 11) is 1.33. The minimum atomic E-state index is -1.89. The van der Waals surface area contributed by atoms with E-state index >= 15 is 0 Å². The van der Waals surface area contributed by atoms with Crippen molar-refractivity contribution in [2.75, 3.05) is 7.05 Å². The van der Waals surface area contributed by atoms with E-state index in [1.165, 1.54) is 7.05 Å². The first-order chi connectivity index (χ1) is 12.2. The van der Waals surface area contributed by atoms with Crippen molar-refractivity contribution >= 4 is 12.1 Å². The Kier molecular flexibility index (Phi) is 5.67. The van der Waals surface area contributed by atoms with Gasteiger partial charge in [0.05, 0.1) is 0 Å². The highest BCUT2D eigenvalue weighted by Gasteiger charge is 2.47. The van der Waals surface area contributed by atoms with Crippen molar-refractivity contribution in [3.63, 3.8) is 0 Å². The smallest absolute Gasteiger partial charge is 0.434 e. The number of carboxylic acids is 1. The zero-order chi connectivity index (χ0) is 19.4. The number of rotatable bonds is 5. The molecular weight excluding hydrogens is 334 g/mol. The highest BCUT2D eigenvalue weighted by Crippen LogP contribution is 2.35. The number of carbonyl (C=O) groups is 2. The van der Waals surface area contributed by atoms with Crippen LogP contribution in [0.2, 0.25) is 0 Å². The summed E-state index contributed by atoms with van der Waals surface area (Å²) in [5.74, 6) is -1.25. The van der Waals surface area contributed by atoms with Gasteiger partial charge in [-0.3, -0.25) is 0 Å². The summed E-state index contributed by atoms with van der Waals surface area (Å²) >= 11 is 0. The molecule has 0 aliphatic heterocycles. The fourth-order valence-corrected chi connectivity index (χ4v) is 2.47. The number of carbonyl (C=O) groups excluding carboxylic acids is 1. The van der Waals surface area contributed by atoms with Crippen LogP contribution in [0.5, 0.6) is 0 Å². The molecule has 1 amide bonds. The Hall–Kier alpha value is -2.86. The van der Waals surface area contributed by atoms with Crippen LogP contribution in [0.4, 0.5) is 4.79 Å². The van der Waals surface area contributed by atoms with Crippen molar-refractivity contribution in [2.45, 2.75) is 32.0 Å². The summed E-state index contributed by atoms with van der Waals surface area (Å²) in [5, 5.41) is 10.9. The van der Waals surface area contributed by atoms with E-state index in [-0.39, 0.29) is 0 Å². The number of amides is 1. The third-order valence-electron chi connectivity index (χ3n) is 3.59. The van der Waals surface area contributed by atoms with Crippen LogP contribution in [-0.2, 0) is 20.0 Å². The molecule has 0 aliphatic carbocycles. The van der Waals surface area contributed by atoms with E-state index in [1.54, 1.807) is 81.4 Å². The zero-order valence-electron chi connectivity index (χ0n) is 15.3. The Morgan fingerprint density at radius 1 is 0.885 bits per heavy atom. The Labute approximate surface area is 152 Å². The SMILES string of the molecule is CN(OC(C(=O)O)(c1ccccc1)c1ccccc1)C(=O)OC(C)(C)C. The summed E-state index contributed by atoms with van der Waals surface area (Å²) in [6.45, 7) is 5.16. The van der Waals surface area contributed by atoms with Crippen LogP contribution in [0.1, 0.15) is 31.9 Å². The first-order valence-electron chi connectivity index (χ1n) is 8.17. The van der Waals surface area contributed by atoms with Gasteiger partial charge in [0.25, 0.3) is 0 Å². The van der Waals surface area contributed by atoms with Crippen LogP contribution in [-0.4, -0.2) is 34.9 Å². The number of hydrogen-bond donors (Lipinski definition) is 1. The lowest BCUT2D eigenvalue weighted by atomic mass is 9.86. The predicted octanol–water partition coefficient (Wildman–Crippen LogP) is 3.81. The highest BCUT2D eigenvalue weighted by molar-refractivity contribution is 5.84. The maximum absolute atomic E-state index is 12.4. The lowest BCUT2D eigenvalue weighted by Crippen LogP contribution is -2.47. The van der Waals surface area contributed by atoms with Gasteiger partial charge in [0.1, 0.15) is 5.60 Å². The lowest BCUT2D eigenvalue weighted by molar-refractivity contribution is -0.219. The Bertz CT molecular complexity index is 713. The Morgan fingerprint density at radius 3 is 1.65 bits per heavy atom. The summed E-state index contributed by atoms with van der Waals surface area (Å²) in [4.78, 5) is 30.4. The van der Waals surface area contributed by atoms with Crippen molar-refractivity contribution in [3.05, 3.63) is 71.8 Å². The second-order valence-corrected chi connectivity index (χ2v) is 6.79. The second-order valence-electron chi connectivity index (χ2n) is 6.79. The normalized spacial score (nSPS) is 11.7. The van der Waals surface area contributed by atoms with Crippen LogP contribution in [0.3, 0.4) is 0 Å². The van der Waals surface area contributed by atoms with E-state index in [1.807, 2.05) is 0 Å². The largest absolute Gasteiger partial charge is 0.479 e. The summed E-state index contributed by atoms with van der Waals surface area (Å²) in [6, 6.07) is 17.0. The third kappa shape index (κ3) is 4.21. The fraction of sp³-hybridized carbons (Fsp3) is 0.300. The molecule has 0 bridgehead atoms. The van der Waals surface area contributed by atoms with Gasteiger partial charge in [-0.25, -0.2) is 14.4 Å². The number of hydrogen-bond acceptors (Lipinski definition) is 4. The molecule has 2 rings (SSSR count). The molecule has 0 spiro atoms. The van der Waals surface area contributed by atoms with Gasteiger partial charge >= 0.3 is 12.1 Å². The molecular formula is C20H23NO5. The second kappa shape index (κ2) is 7.58. The Morgan fingerprint density at radius 2 is 1.31 bits per heavy atom. The monoisotopic (exact) mass is 357 g/mol. The average Bonchev–Trinajstić information content (AvgIpc) is 2.59. The minimum absolute atomic E-state index is 0.383. The highest BCUT2D eigenvalue weighted by atomic mass is 16.7. The predicted molar refractivity (Wildman–Crippen MR) is 96.4 cm³/mol. The van der Waals surface area contributed by atoms with Gasteiger partial charge in [-0.05, 0) is 20.8 Å². The van der Waals surface area contributed by atoms with Crippen LogP contribution in [0, 0.1) is 0 Å². The van der Waals surface area contributed by atoms with E-state index in [9.17, 15) is 14.7 Å². The molecule has 2 aromatic rings. The number of hydroxylamine groups is 2. The molecule has 0 saturated heterocycles. The number of benzene rings is 2. The molecule has 0 radical (unpaired) electrons. The van der Waals surface area contributed by atoms with Crippen LogP contribution in [0.25, 0.3) is 0 Å². The number of nitrogens with zero attached hydrogens (tertiary/aromatic N) is 1. The van der Waals surface area contributed by atoms with E-state index in [0.717, 1.165) is 5.06 Å². The number of carboxylic acid groups (broad SMARTS) is 1. The standard InChI is InChI=1S/C20H23NO5/c1-19(2,3)25-18(24)21(4)26-20(17(22)23,15-11-7-5-8-12-15)16-13-9-6-10-14-16/h5-14H,1-4H3,(H,22,23). The fourth-order valence-electron chi connectivity index (χ4n) is 2.47. The van der Waals surface area contributed by atoms with E-state index in [2.05, 4.69) is 0 Å². The maximum Gasteiger partial charge on any atom is 0.434 e. The Balaban J connectivity index is 2.51. The average molecular weight is 357 g/mol. The molecule has 6 heteroatoms. The van der Waals surface area contributed by atoms with E-state index < -0.39 is 23.3 Å². The molecule has 1 N–H and O–H groups in total. The molecule has 0 unspecified atom stereocenters. The minimum Gasteiger partial charge on any atom is -0.479 e. The number of aliphatic carboxylic acids is 1. The number of ether oxygens (including phenoxy) is 1. The molecule has 0 aromatic heterocycles. The van der Waals surface area contributed by atoms with Gasteiger partial charge in [0.2, 0.25) is 5.60 Å². The molecule has 0 aliphatic rings. The molecule has 0 fully saturated rings. The van der Waals surface area contributed by atoms with Gasteiger partial charge < -0.3 is 9.84 Å². The topological polar surface area (TPSA) is 76.1 Å².